The number of hydrogen-bond acceptors (Lipinski definition) is 6. The lowest BCUT2D eigenvalue weighted by Gasteiger charge is -2.26. The van der Waals surface area contributed by atoms with Crippen molar-refractivity contribution in [1.29, 1.82) is 0 Å². The molecule has 0 saturated heterocycles. The molecule has 1 atom stereocenters. The van der Waals surface area contributed by atoms with E-state index in [1.54, 1.807) is 41.5 Å². The smallest absolute Gasteiger partial charge is 0.408 e. The minimum absolute atomic E-state index is 0.0411. The van der Waals surface area contributed by atoms with E-state index in [9.17, 15) is 14.4 Å². The van der Waals surface area contributed by atoms with Gasteiger partial charge in [-0.05, 0) is 60.9 Å². The molecule has 0 radical (unpaired) electrons. The van der Waals surface area contributed by atoms with Gasteiger partial charge in [0.05, 0.1) is 6.54 Å². The first-order chi connectivity index (χ1) is 12.3. The second-order valence-electron chi connectivity index (χ2n) is 8.51. The number of rotatable bonds is 11. The standard InChI is InChI=1S/C19H36N2O6/c1-18(2,3)26-16(24)14(21-17(25)27-19(4,5)6)11-9-7-8-10-12-20-13-15(22)23/h14,20H,7-13H2,1-6H3,(H,21,25)(H,22,23)/t14-/m0/s1. The van der Waals surface area contributed by atoms with E-state index in [1.807, 2.05) is 0 Å². The number of amides is 1. The summed E-state index contributed by atoms with van der Waals surface area (Å²) in [5.74, 6) is -1.35. The molecule has 0 unspecified atom stereocenters. The van der Waals surface area contributed by atoms with E-state index in [0.717, 1.165) is 25.7 Å². The first kappa shape index (κ1) is 25.2. The fourth-order valence-electron chi connectivity index (χ4n) is 2.22. The number of nitrogens with one attached hydrogen (secondary N) is 2. The normalized spacial score (nSPS) is 13.0. The van der Waals surface area contributed by atoms with E-state index in [2.05, 4.69) is 10.6 Å². The summed E-state index contributed by atoms with van der Waals surface area (Å²) in [7, 11) is 0. The lowest BCUT2D eigenvalue weighted by Crippen LogP contribution is -2.46. The molecule has 3 N–H and O–H groups in total. The highest BCUT2D eigenvalue weighted by atomic mass is 16.6. The Labute approximate surface area is 162 Å². The first-order valence-corrected chi connectivity index (χ1v) is 9.45. The highest BCUT2D eigenvalue weighted by Gasteiger charge is 2.28. The van der Waals surface area contributed by atoms with Crippen LogP contribution >= 0.6 is 0 Å². The number of carboxylic acid groups (broad SMARTS) is 1. The largest absolute Gasteiger partial charge is 0.480 e. The molecule has 0 aliphatic heterocycles. The van der Waals surface area contributed by atoms with Crippen LogP contribution in [0.3, 0.4) is 0 Å². The fourth-order valence-corrected chi connectivity index (χ4v) is 2.22. The highest BCUT2D eigenvalue weighted by molar-refractivity contribution is 5.81. The monoisotopic (exact) mass is 388 g/mol. The number of hydrogen-bond donors (Lipinski definition) is 3. The summed E-state index contributed by atoms with van der Waals surface area (Å²) < 4.78 is 10.6. The summed E-state index contributed by atoms with van der Waals surface area (Å²) in [5.41, 5.74) is -1.29. The number of esters is 1. The molecule has 158 valence electrons. The molecule has 0 bridgehead atoms. The maximum absolute atomic E-state index is 12.4. The zero-order chi connectivity index (χ0) is 21.1. The second kappa shape index (κ2) is 11.8. The van der Waals surface area contributed by atoms with Crippen LogP contribution in [0.5, 0.6) is 0 Å². The van der Waals surface area contributed by atoms with Gasteiger partial charge in [0, 0.05) is 0 Å². The van der Waals surface area contributed by atoms with Crippen LogP contribution in [0, 0.1) is 0 Å². The molecule has 0 rings (SSSR count). The Morgan fingerprint density at radius 3 is 1.96 bits per heavy atom. The Kier molecular flexibility index (Phi) is 11.0. The topological polar surface area (TPSA) is 114 Å². The van der Waals surface area contributed by atoms with Gasteiger partial charge in [0.1, 0.15) is 17.2 Å². The van der Waals surface area contributed by atoms with Crippen molar-refractivity contribution in [3.63, 3.8) is 0 Å². The molecular formula is C19H36N2O6. The van der Waals surface area contributed by atoms with Gasteiger partial charge in [-0.1, -0.05) is 19.3 Å². The van der Waals surface area contributed by atoms with E-state index in [0.29, 0.717) is 13.0 Å². The number of aliphatic carboxylic acids is 1. The molecule has 0 aromatic carbocycles. The van der Waals surface area contributed by atoms with Gasteiger partial charge in [-0.15, -0.1) is 0 Å². The fraction of sp³-hybridized carbons (Fsp3) is 0.842. The van der Waals surface area contributed by atoms with E-state index in [4.69, 9.17) is 14.6 Å². The van der Waals surface area contributed by atoms with E-state index >= 15 is 0 Å². The first-order valence-electron chi connectivity index (χ1n) is 9.45. The molecule has 0 aliphatic rings. The van der Waals surface area contributed by atoms with Gasteiger partial charge in [-0.25, -0.2) is 9.59 Å². The van der Waals surface area contributed by atoms with E-state index < -0.39 is 35.3 Å². The van der Waals surface area contributed by atoms with Gasteiger partial charge < -0.3 is 25.2 Å². The van der Waals surface area contributed by atoms with Gasteiger partial charge in [0.2, 0.25) is 0 Å². The van der Waals surface area contributed by atoms with Crippen molar-refractivity contribution in [2.24, 2.45) is 0 Å². The number of ether oxygens (including phenoxy) is 2. The van der Waals surface area contributed by atoms with Crippen molar-refractivity contribution in [2.45, 2.75) is 90.9 Å². The summed E-state index contributed by atoms with van der Waals surface area (Å²) in [4.78, 5) is 34.8. The van der Waals surface area contributed by atoms with Crippen LogP contribution in [-0.2, 0) is 19.1 Å². The molecule has 8 heteroatoms. The number of alkyl carbamates (subject to hydrolysis) is 1. The van der Waals surface area contributed by atoms with Crippen molar-refractivity contribution >= 4 is 18.0 Å². The Balaban J connectivity index is 4.40. The van der Waals surface area contributed by atoms with Crippen molar-refractivity contribution in [3.8, 4) is 0 Å². The molecule has 1 amide bonds. The molecule has 0 aromatic rings. The number of carbonyl (C=O) groups is 3. The summed E-state index contributed by atoms with van der Waals surface area (Å²) in [6.07, 6.45) is 3.17. The Morgan fingerprint density at radius 2 is 1.44 bits per heavy atom. The highest BCUT2D eigenvalue weighted by Crippen LogP contribution is 2.14. The molecule has 0 fully saturated rings. The molecule has 0 saturated carbocycles. The maximum atomic E-state index is 12.4. The summed E-state index contributed by atoms with van der Waals surface area (Å²) >= 11 is 0. The third-order valence-corrected chi connectivity index (χ3v) is 3.25. The Morgan fingerprint density at radius 1 is 0.889 bits per heavy atom. The van der Waals surface area contributed by atoms with Crippen LogP contribution in [0.25, 0.3) is 0 Å². The number of carbonyl (C=O) groups excluding carboxylic acids is 2. The van der Waals surface area contributed by atoms with Gasteiger partial charge >= 0.3 is 18.0 Å². The molecule has 27 heavy (non-hydrogen) atoms. The van der Waals surface area contributed by atoms with Crippen LogP contribution in [0.1, 0.15) is 73.6 Å². The van der Waals surface area contributed by atoms with Crippen LogP contribution in [0.15, 0.2) is 0 Å². The molecular weight excluding hydrogens is 352 g/mol. The van der Waals surface area contributed by atoms with Crippen LogP contribution < -0.4 is 10.6 Å². The zero-order valence-corrected chi connectivity index (χ0v) is 17.5. The summed E-state index contributed by atoms with van der Waals surface area (Å²) in [6.45, 7) is 11.2. The predicted octanol–water partition coefficient (Wildman–Crippen LogP) is 2.85. The van der Waals surface area contributed by atoms with Crippen molar-refractivity contribution < 1.29 is 29.0 Å². The second-order valence-corrected chi connectivity index (χ2v) is 8.51. The third-order valence-electron chi connectivity index (χ3n) is 3.25. The lowest BCUT2D eigenvalue weighted by atomic mass is 10.1. The van der Waals surface area contributed by atoms with Gasteiger partial charge in [-0.2, -0.15) is 0 Å². The quantitative estimate of drug-likeness (QED) is 0.368. The average Bonchev–Trinajstić information content (AvgIpc) is 2.44. The Bertz CT molecular complexity index is 480. The van der Waals surface area contributed by atoms with E-state index in [1.165, 1.54) is 0 Å². The van der Waals surface area contributed by atoms with Crippen LogP contribution in [-0.4, -0.2) is 53.5 Å². The minimum atomic E-state index is -0.872. The number of carboxylic acids is 1. The summed E-state index contributed by atoms with van der Waals surface area (Å²) in [5, 5.41) is 14.0. The van der Waals surface area contributed by atoms with E-state index in [-0.39, 0.29) is 6.54 Å². The molecule has 0 spiro atoms. The molecule has 0 aromatic heterocycles. The molecule has 0 heterocycles. The summed E-state index contributed by atoms with van der Waals surface area (Å²) in [6, 6.07) is -0.760. The van der Waals surface area contributed by atoms with Gasteiger partial charge in [0.25, 0.3) is 0 Å². The van der Waals surface area contributed by atoms with Crippen molar-refractivity contribution in [1.82, 2.24) is 10.6 Å². The minimum Gasteiger partial charge on any atom is -0.480 e. The van der Waals surface area contributed by atoms with Crippen LogP contribution in [0.2, 0.25) is 0 Å². The lowest BCUT2D eigenvalue weighted by molar-refractivity contribution is -0.157. The average molecular weight is 389 g/mol. The van der Waals surface area contributed by atoms with Gasteiger partial charge in [0.15, 0.2) is 0 Å². The zero-order valence-electron chi connectivity index (χ0n) is 17.5. The third kappa shape index (κ3) is 16.1. The van der Waals surface area contributed by atoms with Crippen LogP contribution in [0.4, 0.5) is 4.79 Å². The Hall–Kier alpha value is -1.83. The number of unbranched alkanes of at least 4 members (excludes halogenated alkanes) is 3. The maximum Gasteiger partial charge on any atom is 0.408 e. The van der Waals surface area contributed by atoms with Crippen molar-refractivity contribution in [2.75, 3.05) is 13.1 Å². The van der Waals surface area contributed by atoms with Gasteiger partial charge in [-0.3, -0.25) is 4.79 Å². The molecule has 8 nitrogen and oxygen atoms in total. The molecule has 0 aliphatic carbocycles. The SMILES string of the molecule is CC(C)(C)OC(=O)N[C@@H](CCCCCCNCC(=O)O)C(=O)OC(C)(C)C. The van der Waals surface area contributed by atoms with Crippen molar-refractivity contribution in [3.05, 3.63) is 0 Å². The predicted molar refractivity (Wildman–Crippen MR) is 103 cm³/mol.